The maximum atomic E-state index is 14.5. The quantitative estimate of drug-likeness (QED) is 0.232. The summed E-state index contributed by atoms with van der Waals surface area (Å²) in [6.45, 7) is 2.21. The molecule has 4 N–H and O–H groups in total. The van der Waals surface area contributed by atoms with Crippen LogP contribution in [-0.2, 0) is 28.7 Å². The van der Waals surface area contributed by atoms with Crippen LogP contribution in [0, 0.1) is 0 Å². The molecule has 1 aromatic carbocycles. The van der Waals surface area contributed by atoms with Gasteiger partial charge in [0.2, 0.25) is 0 Å². The molecule has 2 aromatic rings. The summed E-state index contributed by atoms with van der Waals surface area (Å²) < 4.78 is 69.5. The summed E-state index contributed by atoms with van der Waals surface area (Å²) >= 11 is 9.67. The number of aliphatic imine (C=N–C) groups is 1. The van der Waals surface area contributed by atoms with Crippen LogP contribution >= 0.6 is 27.5 Å². The van der Waals surface area contributed by atoms with Crippen molar-refractivity contribution in [2.24, 2.45) is 10.7 Å². The van der Waals surface area contributed by atoms with E-state index in [0.717, 1.165) is 19.4 Å². The average Bonchev–Trinajstić information content (AvgIpc) is 3.44. The van der Waals surface area contributed by atoms with Crippen molar-refractivity contribution in [2.75, 3.05) is 64.1 Å². The van der Waals surface area contributed by atoms with E-state index in [1.54, 1.807) is 14.1 Å². The molecular formula is C32H38BrClF4N8O3. The number of nitrogen functional groups attached to an aromatic ring is 1. The van der Waals surface area contributed by atoms with Gasteiger partial charge in [0.15, 0.2) is 0 Å². The molecular weight excluding hydrogens is 736 g/mol. The number of amides is 1. The third-order valence-electron chi connectivity index (χ3n) is 9.52. The Bertz CT molecular complexity index is 1690. The normalized spacial score (nSPS) is 24.9. The number of nitrogens with zero attached hydrogens (tertiary/aromatic N) is 6. The van der Waals surface area contributed by atoms with E-state index in [2.05, 4.69) is 25.8 Å². The molecule has 4 aliphatic heterocycles. The number of carbonyl (C=O) groups is 1. The van der Waals surface area contributed by atoms with Gasteiger partial charge in [0.1, 0.15) is 24.3 Å². The number of alkyl halides is 4. The van der Waals surface area contributed by atoms with Crippen molar-refractivity contribution in [3.8, 4) is 6.01 Å². The second-order valence-corrected chi connectivity index (χ2v) is 14.4. The van der Waals surface area contributed by atoms with E-state index >= 15 is 0 Å². The smallest absolute Gasteiger partial charge is 0.417 e. The molecule has 2 saturated heterocycles. The summed E-state index contributed by atoms with van der Waals surface area (Å²) in [7, 11) is 3.12. The Balaban J connectivity index is 1.38. The van der Waals surface area contributed by atoms with Gasteiger partial charge in [0.05, 0.1) is 46.8 Å². The van der Waals surface area contributed by atoms with Gasteiger partial charge in [0.25, 0.3) is 5.91 Å². The number of likely N-dealkylation sites (N-methyl/N-ethyl adjacent to an activating group) is 1. The lowest BCUT2D eigenvalue weighted by molar-refractivity contribution is -0.140. The molecule has 0 aliphatic carbocycles. The van der Waals surface area contributed by atoms with Gasteiger partial charge >= 0.3 is 12.2 Å². The zero-order valence-corrected chi connectivity index (χ0v) is 29.5. The monoisotopic (exact) mass is 772 g/mol. The fraction of sp³-hybridized carbons (Fsp3) is 0.562. The van der Waals surface area contributed by atoms with E-state index in [-0.39, 0.29) is 58.6 Å². The standard InChI is InChI=1S/C32H38BrClF4N8O3/c1-44(2)29(47)27(40)26(34)23-14-45(7-4-6-41-23)28-20-15-48-24(19-9-18(39)10-21(33)25(19)32(36,37)38)11-22(20)42-30(43-28)49-16-31-5-3-8-46(31)13-17(35)12-31/h9-10,17,24H,3-8,11-16,39-40H2,1-2H3/b27-26+/t17-,24+,31+/m1/s1. The van der Waals surface area contributed by atoms with Crippen LogP contribution in [0.2, 0.25) is 0 Å². The molecule has 0 saturated carbocycles. The molecule has 1 amide bonds. The topological polar surface area (TPSA) is 135 Å². The number of hydrogen-bond donors (Lipinski definition) is 2. The zero-order valence-electron chi connectivity index (χ0n) is 27.1. The van der Waals surface area contributed by atoms with Crippen molar-refractivity contribution in [2.45, 2.75) is 62.7 Å². The zero-order chi connectivity index (χ0) is 35.2. The van der Waals surface area contributed by atoms with Crippen LogP contribution in [0.25, 0.3) is 0 Å². The van der Waals surface area contributed by atoms with Crippen LogP contribution in [0.1, 0.15) is 54.2 Å². The van der Waals surface area contributed by atoms with Gasteiger partial charge in [-0.15, -0.1) is 0 Å². The van der Waals surface area contributed by atoms with E-state index in [4.69, 9.17) is 42.5 Å². The van der Waals surface area contributed by atoms with Crippen molar-refractivity contribution in [1.29, 1.82) is 0 Å². The van der Waals surface area contributed by atoms with Crippen LogP contribution in [0.15, 0.2) is 32.3 Å². The number of aromatic nitrogens is 2. The van der Waals surface area contributed by atoms with Crippen LogP contribution < -0.4 is 21.1 Å². The lowest BCUT2D eigenvalue weighted by Gasteiger charge is -2.33. The number of benzene rings is 1. The summed E-state index contributed by atoms with van der Waals surface area (Å²) in [5.41, 5.74) is 12.0. The summed E-state index contributed by atoms with van der Waals surface area (Å²) in [5, 5.41) is 0.0238. The van der Waals surface area contributed by atoms with Crippen LogP contribution in [0.5, 0.6) is 6.01 Å². The Morgan fingerprint density at radius 1 is 1.24 bits per heavy atom. The molecule has 5 heterocycles. The fourth-order valence-corrected chi connectivity index (χ4v) is 8.12. The molecule has 1 aromatic heterocycles. The van der Waals surface area contributed by atoms with Crippen LogP contribution in [0.4, 0.5) is 29.1 Å². The first-order valence-electron chi connectivity index (χ1n) is 16.0. The molecule has 2 fully saturated rings. The van der Waals surface area contributed by atoms with Gasteiger partial charge in [0, 0.05) is 62.3 Å². The van der Waals surface area contributed by atoms with Crippen molar-refractivity contribution >= 4 is 50.7 Å². The number of halogens is 6. The first-order valence-corrected chi connectivity index (χ1v) is 17.2. The molecule has 17 heteroatoms. The largest absolute Gasteiger partial charge is 0.461 e. The number of fused-ring (bicyclic) bond motifs is 2. The molecule has 0 unspecified atom stereocenters. The van der Waals surface area contributed by atoms with Gasteiger partial charge in [-0.05, 0) is 43.5 Å². The second-order valence-electron chi connectivity index (χ2n) is 13.1. The number of ether oxygens (including phenoxy) is 2. The van der Waals surface area contributed by atoms with Gasteiger partial charge < -0.3 is 30.7 Å². The number of rotatable bonds is 7. The van der Waals surface area contributed by atoms with Crippen molar-refractivity contribution in [1.82, 2.24) is 19.8 Å². The van der Waals surface area contributed by atoms with Gasteiger partial charge in [-0.3, -0.25) is 14.7 Å². The molecule has 6 rings (SSSR count). The molecule has 0 spiro atoms. The molecule has 0 radical (unpaired) electrons. The van der Waals surface area contributed by atoms with Crippen molar-refractivity contribution in [3.05, 3.63) is 49.7 Å². The SMILES string of the molecule is CN(C)C(=O)/C(N)=C(\Cl)C1=NCCCN(c2nc(OC[C@@]34CCCN3C[C@H](F)C4)nc3c2CO[C@H](c2cc(N)cc(Br)c2C(F)(F)F)C3)C1. The molecule has 4 aliphatic rings. The third-order valence-corrected chi connectivity index (χ3v) is 10.6. The maximum Gasteiger partial charge on any atom is 0.417 e. The van der Waals surface area contributed by atoms with Gasteiger partial charge in [-0.2, -0.15) is 23.1 Å². The second kappa shape index (κ2) is 13.8. The molecule has 3 atom stereocenters. The maximum absolute atomic E-state index is 14.5. The highest BCUT2D eigenvalue weighted by molar-refractivity contribution is 9.10. The van der Waals surface area contributed by atoms with Crippen molar-refractivity contribution in [3.63, 3.8) is 0 Å². The number of nitrogens with two attached hydrogens (primary N) is 2. The lowest BCUT2D eigenvalue weighted by Crippen LogP contribution is -2.43. The molecule has 49 heavy (non-hydrogen) atoms. The summed E-state index contributed by atoms with van der Waals surface area (Å²) in [4.78, 5) is 32.0. The van der Waals surface area contributed by atoms with Crippen molar-refractivity contribution < 1.29 is 31.8 Å². The highest BCUT2D eigenvalue weighted by Gasteiger charge is 2.49. The van der Waals surface area contributed by atoms with Crippen LogP contribution in [-0.4, -0.2) is 96.5 Å². The first kappa shape index (κ1) is 35.6. The fourth-order valence-electron chi connectivity index (χ4n) is 7.20. The first-order chi connectivity index (χ1) is 23.2. The van der Waals surface area contributed by atoms with E-state index in [1.807, 2.05) is 4.90 Å². The third kappa shape index (κ3) is 7.19. The van der Waals surface area contributed by atoms with Gasteiger partial charge in [-0.25, -0.2) is 4.39 Å². The Morgan fingerprint density at radius 2 is 2.02 bits per heavy atom. The Hall–Kier alpha value is -3.21. The predicted molar refractivity (Wildman–Crippen MR) is 180 cm³/mol. The van der Waals surface area contributed by atoms with E-state index in [9.17, 15) is 22.4 Å². The lowest BCUT2D eigenvalue weighted by atomic mass is 9.94. The number of carbonyl (C=O) groups excluding carboxylic acids is 1. The summed E-state index contributed by atoms with van der Waals surface area (Å²) in [6.07, 6.45) is -4.04. The Kier molecular flexibility index (Phi) is 10.1. The molecule has 266 valence electrons. The highest BCUT2D eigenvalue weighted by Crippen LogP contribution is 2.45. The molecule has 11 nitrogen and oxygen atoms in total. The highest BCUT2D eigenvalue weighted by atomic mass is 79.9. The number of hydrogen-bond acceptors (Lipinski definition) is 10. The predicted octanol–water partition coefficient (Wildman–Crippen LogP) is 4.76. The van der Waals surface area contributed by atoms with Gasteiger partial charge in [-0.1, -0.05) is 27.5 Å². The van der Waals surface area contributed by atoms with Crippen LogP contribution in [0.3, 0.4) is 0 Å². The molecule has 0 bridgehead atoms. The summed E-state index contributed by atoms with van der Waals surface area (Å²) in [5.74, 6) is -0.0254. The minimum absolute atomic E-state index is 0.0226. The van der Waals surface area contributed by atoms with E-state index < -0.39 is 35.5 Å². The number of anilines is 2. The summed E-state index contributed by atoms with van der Waals surface area (Å²) in [6, 6.07) is 2.51. The minimum Gasteiger partial charge on any atom is -0.461 e. The Morgan fingerprint density at radius 3 is 2.76 bits per heavy atom. The minimum atomic E-state index is -4.68. The van der Waals surface area contributed by atoms with E-state index in [0.29, 0.717) is 55.3 Å². The Labute approximate surface area is 294 Å². The average molecular weight is 774 g/mol. The van der Waals surface area contributed by atoms with E-state index in [1.165, 1.54) is 17.0 Å².